The van der Waals surface area contributed by atoms with Crippen LogP contribution in [0.15, 0.2) is 34.1 Å². The van der Waals surface area contributed by atoms with E-state index in [1.807, 2.05) is 0 Å². The summed E-state index contributed by atoms with van der Waals surface area (Å²) in [5, 5.41) is 0. The quantitative estimate of drug-likeness (QED) is 0.802. The highest BCUT2D eigenvalue weighted by atomic mass is 32.2. The van der Waals surface area contributed by atoms with E-state index in [4.69, 9.17) is 0 Å². The fourth-order valence-electron chi connectivity index (χ4n) is 1.29. The SMILES string of the molecule is CCC(=O)CS(=O)(=O)c1ccc(S(C)(=O)=O)cc1. The Balaban J connectivity index is 3.09. The van der Waals surface area contributed by atoms with Crippen molar-refractivity contribution in [3.05, 3.63) is 24.3 Å². The summed E-state index contributed by atoms with van der Waals surface area (Å²) in [5.41, 5.74) is 0. The summed E-state index contributed by atoms with van der Waals surface area (Å²) in [6.45, 7) is 1.59. The van der Waals surface area contributed by atoms with Crippen LogP contribution < -0.4 is 0 Å². The fraction of sp³-hybridized carbons (Fsp3) is 0.364. The maximum absolute atomic E-state index is 11.8. The van der Waals surface area contributed by atoms with Crippen molar-refractivity contribution in [2.75, 3.05) is 12.0 Å². The molecule has 0 radical (unpaired) electrons. The third-order valence-electron chi connectivity index (χ3n) is 2.36. The van der Waals surface area contributed by atoms with Crippen LogP contribution in [0.25, 0.3) is 0 Å². The van der Waals surface area contributed by atoms with Crippen LogP contribution in [0.1, 0.15) is 13.3 Å². The van der Waals surface area contributed by atoms with Crippen LogP contribution in [0.4, 0.5) is 0 Å². The first-order valence-corrected chi connectivity index (χ1v) is 8.76. The molecule has 1 rings (SSSR count). The third-order valence-corrected chi connectivity index (χ3v) is 5.18. The highest BCUT2D eigenvalue weighted by molar-refractivity contribution is 7.92. The Morgan fingerprint density at radius 2 is 1.44 bits per heavy atom. The van der Waals surface area contributed by atoms with E-state index in [-0.39, 0.29) is 22.0 Å². The van der Waals surface area contributed by atoms with Gasteiger partial charge < -0.3 is 0 Å². The predicted molar refractivity (Wildman–Crippen MR) is 66.9 cm³/mol. The summed E-state index contributed by atoms with van der Waals surface area (Å²) < 4.78 is 46.0. The lowest BCUT2D eigenvalue weighted by atomic mass is 10.3. The van der Waals surface area contributed by atoms with E-state index in [9.17, 15) is 21.6 Å². The van der Waals surface area contributed by atoms with Crippen molar-refractivity contribution in [3.8, 4) is 0 Å². The summed E-state index contributed by atoms with van der Waals surface area (Å²) in [7, 11) is -7.03. The van der Waals surface area contributed by atoms with Gasteiger partial charge >= 0.3 is 0 Å². The van der Waals surface area contributed by atoms with Crippen molar-refractivity contribution in [1.29, 1.82) is 0 Å². The number of carbonyl (C=O) groups is 1. The van der Waals surface area contributed by atoms with Crippen LogP contribution in [-0.4, -0.2) is 34.6 Å². The Hall–Kier alpha value is -1.21. The molecule has 5 nitrogen and oxygen atoms in total. The molecule has 0 amide bonds. The topological polar surface area (TPSA) is 85.3 Å². The zero-order chi connectivity index (χ0) is 14.0. The normalized spacial score (nSPS) is 12.3. The predicted octanol–water partition coefficient (Wildman–Crippen LogP) is 0.843. The number of sulfone groups is 2. The first-order valence-electron chi connectivity index (χ1n) is 5.21. The van der Waals surface area contributed by atoms with Gasteiger partial charge in [0.15, 0.2) is 19.7 Å². The van der Waals surface area contributed by atoms with E-state index in [1.54, 1.807) is 6.92 Å². The molecule has 0 aromatic heterocycles. The molecular formula is C11H14O5S2. The van der Waals surface area contributed by atoms with Crippen molar-refractivity contribution >= 4 is 25.5 Å². The molecule has 0 saturated carbocycles. The average Bonchev–Trinajstić information content (AvgIpc) is 2.27. The zero-order valence-corrected chi connectivity index (χ0v) is 11.7. The molecule has 0 spiro atoms. The Morgan fingerprint density at radius 1 is 1.00 bits per heavy atom. The largest absolute Gasteiger partial charge is 0.299 e. The van der Waals surface area contributed by atoms with Gasteiger partial charge in [0.05, 0.1) is 9.79 Å². The summed E-state index contributed by atoms with van der Waals surface area (Å²) in [4.78, 5) is 11.2. The molecule has 0 aliphatic rings. The van der Waals surface area contributed by atoms with E-state index >= 15 is 0 Å². The third kappa shape index (κ3) is 3.64. The van der Waals surface area contributed by atoms with Crippen LogP contribution in [-0.2, 0) is 24.5 Å². The standard InChI is InChI=1S/C11H14O5S2/c1-3-9(12)8-18(15,16)11-6-4-10(5-7-11)17(2,13)14/h4-7H,3,8H2,1-2H3. The minimum atomic E-state index is -3.68. The van der Waals surface area contributed by atoms with E-state index in [1.165, 1.54) is 24.3 Å². The number of carbonyl (C=O) groups excluding carboxylic acids is 1. The first kappa shape index (κ1) is 14.8. The summed E-state index contributed by atoms with van der Waals surface area (Å²) in [5.74, 6) is -0.927. The van der Waals surface area contributed by atoms with E-state index in [0.717, 1.165) is 6.26 Å². The van der Waals surface area contributed by atoms with Gasteiger partial charge in [0.1, 0.15) is 11.5 Å². The highest BCUT2D eigenvalue weighted by Crippen LogP contribution is 2.15. The smallest absolute Gasteiger partial charge is 0.185 e. The number of benzene rings is 1. The molecule has 0 N–H and O–H groups in total. The van der Waals surface area contributed by atoms with Gasteiger partial charge in [-0.3, -0.25) is 4.79 Å². The molecule has 0 fully saturated rings. The van der Waals surface area contributed by atoms with E-state index in [0.29, 0.717) is 0 Å². The molecule has 0 aliphatic heterocycles. The molecule has 100 valence electrons. The van der Waals surface area contributed by atoms with Crippen LogP contribution in [0, 0.1) is 0 Å². The fourth-order valence-corrected chi connectivity index (χ4v) is 3.27. The van der Waals surface area contributed by atoms with Gasteiger partial charge in [-0.1, -0.05) is 6.92 Å². The Kier molecular flexibility index (Phi) is 4.28. The van der Waals surface area contributed by atoms with Crippen LogP contribution in [0.5, 0.6) is 0 Å². The molecule has 0 atom stereocenters. The van der Waals surface area contributed by atoms with E-state index in [2.05, 4.69) is 0 Å². The average molecular weight is 290 g/mol. The number of ketones is 1. The molecular weight excluding hydrogens is 276 g/mol. The molecule has 0 unspecified atom stereocenters. The van der Waals surface area contributed by atoms with Gasteiger partial charge in [0.2, 0.25) is 0 Å². The van der Waals surface area contributed by atoms with Crippen LogP contribution >= 0.6 is 0 Å². The molecule has 0 heterocycles. The number of rotatable bonds is 5. The second-order valence-corrected chi connectivity index (χ2v) is 7.90. The van der Waals surface area contributed by atoms with Crippen molar-refractivity contribution in [2.45, 2.75) is 23.1 Å². The van der Waals surface area contributed by atoms with E-state index < -0.39 is 25.4 Å². The molecule has 0 saturated heterocycles. The Morgan fingerprint density at radius 3 is 1.83 bits per heavy atom. The number of hydrogen-bond acceptors (Lipinski definition) is 5. The summed E-state index contributed by atoms with van der Waals surface area (Å²) in [6.07, 6.45) is 1.19. The second kappa shape index (κ2) is 5.19. The summed E-state index contributed by atoms with van der Waals surface area (Å²) >= 11 is 0. The van der Waals surface area contributed by atoms with Crippen molar-refractivity contribution in [2.24, 2.45) is 0 Å². The molecule has 0 bridgehead atoms. The minimum Gasteiger partial charge on any atom is -0.299 e. The highest BCUT2D eigenvalue weighted by Gasteiger charge is 2.18. The zero-order valence-electron chi connectivity index (χ0n) is 10.1. The minimum absolute atomic E-state index is 0.0447. The Labute approximate surface area is 107 Å². The van der Waals surface area contributed by atoms with Gasteiger partial charge in [-0.2, -0.15) is 0 Å². The van der Waals surface area contributed by atoms with Crippen molar-refractivity contribution in [1.82, 2.24) is 0 Å². The molecule has 1 aromatic rings. The van der Waals surface area contributed by atoms with Crippen molar-refractivity contribution in [3.63, 3.8) is 0 Å². The maximum atomic E-state index is 11.8. The lowest BCUT2D eigenvalue weighted by molar-refractivity contribution is -0.116. The molecule has 1 aromatic carbocycles. The number of Topliss-reactive ketones (excluding diaryl/α,β-unsaturated/α-hetero) is 1. The van der Waals surface area contributed by atoms with Crippen LogP contribution in [0.3, 0.4) is 0 Å². The number of hydrogen-bond donors (Lipinski definition) is 0. The Bertz CT molecular complexity index is 639. The first-order chi connectivity index (χ1) is 8.16. The molecule has 0 aliphatic carbocycles. The molecule has 18 heavy (non-hydrogen) atoms. The summed E-state index contributed by atoms with van der Waals surface area (Å²) in [6, 6.07) is 4.85. The lowest BCUT2D eigenvalue weighted by Gasteiger charge is -2.04. The van der Waals surface area contributed by atoms with Gasteiger partial charge in [-0.15, -0.1) is 0 Å². The monoisotopic (exact) mass is 290 g/mol. The van der Waals surface area contributed by atoms with Gasteiger partial charge in [-0.25, -0.2) is 16.8 Å². The maximum Gasteiger partial charge on any atom is 0.185 e. The van der Waals surface area contributed by atoms with Gasteiger partial charge in [-0.05, 0) is 24.3 Å². The van der Waals surface area contributed by atoms with Gasteiger partial charge in [0.25, 0.3) is 0 Å². The molecule has 7 heteroatoms. The van der Waals surface area contributed by atoms with Gasteiger partial charge in [0, 0.05) is 12.7 Å². The second-order valence-electron chi connectivity index (χ2n) is 3.89. The van der Waals surface area contributed by atoms with Crippen molar-refractivity contribution < 1.29 is 21.6 Å². The van der Waals surface area contributed by atoms with Crippen LogP contribution in [0.2, 0.25) is 0 Å². The lowest BCUT2D eigenvalue weighted by Crippen LogP contribution is -2.15.